The van der Waals surface area contributed by atoms with Crippen LogP contribution in [-0.2, 0) is 12.1 Å². The Morgan fingerprint density at radius 3 is 2.36 bits per heavy atom. The van der Waals surface area contributed by atoms with E-state index in [1.807, 2.05) is 66.7 Å². The van der Waals surface area contributed by atoms with Crippen LogP contribution in [-0.4, -0.2) is 10.2 Å². The molecule has 0 bridgehead atoms. The van der Waals surface area contributed by atoms with Crippen molar-refractivity contribution in [3.05, 3.63) is 95.6 Å². The molecule has 4 N–H and O–H groups in total. The van der Waals surface area contributed by atoms with E-state index in [4.69, 9.17) is 10.5 Å². The molecule has 0 saturated carbocycles. The highest BCUT2D eigenvalue weighted by Gasteiger charge is 2.40. The van der Waals surface area contributed by atoms with Crippen molar-refractivity contribution in [3.8, 4) is 11.5 Å². The molecule has 1 heterocycles. The Labute approximate surface area is 165 Å². The Kier molecular flexibility index (Phi) is 5.07. The normalized spacial score (nSPS) is 24.1. The lowest BCUT2D eigenvalue weighted by atomic mass is 9.83. The first-order valence-corrected chi connectivity index (χ1v) is 9.63. The van der Waals surface area contributed by atoms with Gasteiger partial charge in [-0.2, -0.15) is 0 Å². The lowest BCUT2D eigenvalue weighted by molar-refractivity contribution is 0.0260. The SMILES string of the molecule is NC1(c2ccccc2)CC(CCc2ccc(O)cc2)C(O)c2ccccc2O1. The van der Waals surface area contributed by atoms with Crippen LogP contribution in [0.1, 0.15) is 35.6 Å². The van der Waals surface area contributed by atoms with Crippen LogP contribution in [0.2, 0.25) is 0 Å². The van der Waals surface area contributed by atoms with Crippen molar-refractivity contribution < 1.29 is 14.9 Å². The molecule has 1 aliphatic rings. The van der Waals surface area contributed by atoms with E-state index in [0.717, 1.165) is 29.5 Å². The third-order valence-corrected chi connectivity index (χ3v) is 5.54. The zero-order valence-electron chi connectivity index (χ0n) is 15.7. The maximum Gasteiger partial charge on any atom is 0.185 e. The van der Waals surface area contributed by atoms with E-state index in [2.05, 4.69) is 0 Å². The van der Waals surface area contributed by atoms with Gasteiger partial charge in [-0.3, -0.25) is 5.73 Å². The number of para-hydroxylation sites is 1. The summed E-state index contributed by atoms with van der Waals surface area (Å²) in [6.07, 6.45) is 1.40. The molecule has 0 fully saturated rings. The highest BCUT2D eigenvalue weighted by atomic mass is 16.5. The molecule has 1 aliphatic heterocycles. The van der Waals surface area contributed by atoms with Crippen LogP contribution in [0.4, 0.5) is 0 Å². The minimum absolute atomic E-state index is 0.0670. The molecular weight excluding hydrogens is 350 g/mol. The number of aliphatic hydroxyl groups excluding tert-OH is 1. The van der Waals surface area contributed by atoms with E-state index >= 15 is 0 Å². The third kappa shape index (κ3) is 3.75. The summed E-state index contributed by atoms with van der Waals surface area (Å²) < 4.78 is 6.28. The number of nitrogens with two attached hydrogens (primary N) is 1. The number of hydrogen-bond donors (Lipinski definition) is 3. The van der Waals surface area contributed by atoms with Gasteiger partial charge in [-0.25, -0.2) is 0 Å². The van der Waals surface area contributed by atoms with Crippen molar-refractivity contribution in [1.29, 1.82) is 0 Å². The summed E-state index contributed by atoms with van der Waals surface area (Å²) in [5, 5.41) is 20.6. The van der Waals surface area contributed by atoms with Crippen molar-refractivity contribution >= 4 is 0 Å². The van der Waals surface area contributed by atoms with E-state index in [1.54, 1.807) is 12.1 Å². The van der Waals surface area contributed by atoms with E-state index in [1.165, 1.54) is 0 Å². The number of aliphatic hydroxyl groups is 1. The molecule has 4 nitrogen and oxygen atoms in total. The first kappa shape index (κ1) is 18.5. The van der Waals surface area contributed by atoms with Crippen LogP contribution in [0, 0.1) is 5.92 Å². The number of phenolic OH excluding ortho intramolecular Hbond substituents is 1. The van der Waals surface area contributed by atoms with Gasteiger partial charge in [0, 0.05) is 17.5 Å². The first-order valence-electron chi connectivity index (χ1n) is 9.63. The summed E-state index contributed by atoms with van der Waals surface area (Å²) >= 11 is 0. The van der Waals surface area contributed by atoms with Gasteiger partial charge in [0.2, 0.25) is 0 Å². The number of aryl methyl sites for hydroxylation is 1. The number of rotatable bonds is 4. The molecule has 3 aromatic carbocycles. The topological polar surface area (TPSA) is 75.7 Å². The van der Waals surface area contributed by atoms with Crippen LogP contribution in [0.25, 0.3) is 0 Å². The Morgan fingerprint density at radius 1 is 0.929 bits per heavy atom. The number of fused-ring (bicyclic) bond motifs is 1. The molecule has 3 unspecified atom stereocenters. The molecule has 3 atom stereocenters. The van der Waals surface area contributed by atoms with Crippen molar-refractivity contribution in [2.24, 2.45) is 11.7 Å². The molecule has 4 heteroatoms. The predicted molar refractivity (Wildman–Crippen MR) is 109 cm³/mol. The van der Waals surface area contributed by atoms with Gasteiger partial charge in [0.25, 0.3) is 0 Å². The number of phenols is 1. The van der Waals surface area contributed by atoms with Gasteiger partial charge in [-0.15, -0.1) is 0 Å². The fourth-order valence-corrected chi connectivity index (χ4v) is 3.98. The monoisotopic (exact) mass is 375 g/mol. The molecule has 0 spiro atoms. The molecule has 3 aromatic rings. The van der Waals surface area contributed by atoms with Gasteiger partial charge < -0.3 is 14.9 Å². The van der Waals surface area contributed by atoms with Crippen LogP contribution >= 0.6 is 0 Å². The summed E-state index contributed by atoms with van der Waals surface area (Å²) in [6.45, 7) is 0. The van der Waals surface area contributed by atoms with Crippen LogP contribution < -0.4 is 10.5 Å². The fraction of sp³-hybridized carbons (Fsp3) is 0.250. The molecular formula is C24H25NO3. The lowest BCUT2D eigenvalue weighted by Crippen LogP contribution is -2.44. The first-order chi connectivity index (χ1) is 13.5. The Bertz CT molecular complexity index is 926. The Hall–Kier alpha value is -2.82. The number of benzene rings is 3. The number of ether oxygens (including phenoxy) is 1. The molecule has 28 heavy (non-hydrogen) atoms. The third-order valence-electron chi connectivity index (χ3n) is 5.54. The molecule has 144 valence electrons. The van der Waals surface area contributed by atoms with Gasteiger partial charge in [0.1, 0.15) is 11.5 Å². The standard InChI is InChI=1S/C24H25NO3/c25-24(19-6-2-1-3-7-19)16-18(13-10-17-11-14-20(26)15-12-17)23(27)21-8-4-5-9-22(21)28-24/h1-9,11-12,14-15,18,23,26-27H,10,13,16,25H2. The average Bonchev–Trinajstić information content (AvgIpc) is 2.83. The van der Waals surface area contributed by atoms with Crippen molar-refractivity contribution in [3.63, 3.8) is 0 Å². The zero-order chi connectivity index (χ0) is 19.6. The second-order valence-electron chi connectivity index (χ2n) is 7.51. The fourth-order valence-electron chi connectivity index (χ4n) is 3.98. The van der Waals surface area contributed by atoms with E-state index in [0.29, 0.717) is 12.2 Å². The minimum atomic E-state index is -1.01. The van der Waals surface area contributed by atoms with Crippen molar-refractivity contribution in [2.75, 3.05) is 0 Å². The van der Waals surface area contributed by atoms with E-state index < -0.39 is 11.8 Å². The number of aromatic hydroxyl groups is 1. The highest BCUT2D eigenvalue weighted by molar-refractivity contribution is 5.38. The molecule has 0 saturated heterocycles. The highest BCUT2D eigenvalue weighted by Crippen LogP contribution is 2.44. The Balaban J connectivity index is 1.65. The van der Waals surface area contributed by atoms with Crippen molar-refractivity contribution in [1.82, 2.24) is 0 Å². The van der Waals surface area contributed by atoms with E-state index in [9.17, 15) is 10.2 Å². The maximum absolute atomic E-state index is 11.1. The maximum atomic E-state index is 11.1. The predicted octanol–water partition coefficient (Wildman–Crippen LogP) is 4.27. The van der Waals surface area contributed by atoms with Crippen LogP contribution in [0.5, 0.6) is 11.5 Å². The zero-order valence-corrected chi connectivity index (χ0v) is 15.7. The van der Waals surface area contributed by atoms with Crippen molar-refractivity contribution in [2.45, 2.75) is 31.1 Å². The van der Waals surface area contributed by atoms with Gasteiger partial charge in [-0.1, -0.05) is 60.7 Å². The van der Waals surface area contributed by atoms with Crippen LogP contribution in [0.15, 0.2) is 78.9 Å². The van der Waals surface area contributed by atoms with Crippen LogP contribution in [0.3, 0.4) is 0 Å². The molecule has 4 rings (SSSR count). The molecule has 0 aromatic heterocycles. The smallest absolute Gasteiger partial charge is 0.185 e. The minimum Gasteiger partial charge on any atom is -0.508 e. The number of hydrogen-bond acceptors (Lipinski definition) is 4. The summed E-state index contributed by atoms with van der Waals surface area (Å²) in [7, 11) is 0. The summed E-state index contributed by atoms with van der Waals surface area (Å²) in [5.74, 6) is 0.821. The largest absolute Gasteiger partial charge is 0.508 e. The van der Waals surface area contributed by atoms with Gasteiger partial charge in [0.15, 0.2) is 5.72 Å². The lowest BCUT2D eigenvalue weighted by Gasteiger charge is -2.32. The van der Waals surface area contributed by atoms with Gasteiger partial charge >= 0.3 is 0 Å². The second-order valence-corrected chi connectivity index (χ2v) is 7.51. The molecule has 0 amide bonds. The summed E-state index contributed by atoms with van der Waals surface area (Å²) in [4.78, 5) is 0. The summed E-state index contributed by atoms with van der Waals surface area (Å²) in [5.41, 5.74) is 8.56. The molecule has 0 aliphatic carbocycles. The van der Waals surface area contributed by atoms with E-state index in [-0.39, 0.29) is 11.7 Å². The average molecular weight is 375 g/mol. The molecule has 0 radical (unpaired) electrons. The second kappa shape index (κ2) is 7.66. The Morgan fingerprint density at radius 2 is 1.61 bits per heavy atom. The quantitative estimate of drug-likeness (QED) is 0.637. The van der Waals surface area contributed by atoms with Gasteiger partial charge in [0.05, 0.1) is 6.10 Å². The summed E-state index contributed by atoms with van der Waals surface area (Å²) in [6, 6.07) is 24.6. The van der Waals surface area contributed by atoms with Gasteiger partial charge in [-0.05, 0) is 42.5 Å².